The summed E-state index contributed by atoms with van der Waals surface area (Å²) in [6.45, 7) is 6.57. The van der Waals surface area contributed by atoms with Crippen molar-refractivity contribution < 1.29 is 4.92 Å². The Morgan fingerprint density at radius 1 is 1.43 bits per heavy atom. The molecule has 0 bridgehead atoms. The Hall–Kier alpha value is -2.44. The van der Waals surface area contributed by atoms with Crippen molar-refractivity contribution in [1.82, 2.24) is 14.8 Å². The van der Waals surface area contributed by atoms with Gasteiger partial charge in [0.15, 0.2) is 0 Å². The number of anilines is 1. The molecule has 0 saturated carbocycles. The molecule has 1 N–H and O–H groups in total. The van der Waals surface area contributed by atoms with E-state index in [1.54, 1.807) is 13.0 Å². The first-order chi connectivity index (χ1) is 10.0. The van der Waals surface area contributed by atoms with Gasteiger partial charge in [0.25, 0.3) is 5.69 Å². The van der Waals surface area contributed by atoms with Crippen molar-refractivity contribution in [1.29, 1.82) is 0 Å². The van der Waals surface area contributed by atoms with E-state index in [9.17, 15) is 10.1 Å². The van der Waals surface area contributed by atoms with Crippen molar-refractivity contribution in [3.63, 3.8) is 0 Å². The number of nitrogens with zero attached hydrogens (tertiary/aromatic N) is 4. The molecule has 112 valence electrons. The molecule has 21 heavy (non-hydrogen) atoms. The minimum atomic E-state index is -0.422. The summed E-state index contributed by atoms with van der Waals surface area (Å²) < 4.78 is 1.87. The number of aryl methyl sites for hydroxylation is 2. The molecule has 2 aromatic rings. The van der Waals surface area contributed by atoms with E-state index < -0.39 is 4.92 Å². The van der Waals surface area contributed by atoms with Gasteiger partial charge in [-0.1, -0.05) is 6.92 Å². The molecule has 0 fully saturated rings. The van der Waals surface area contributed by atoms with Crippen molar-refractivity contribution in [2.45, 2.75) is 39.8 Å². The van der Waals surface area contributed by atoms with Crippen LogP contribution in [-0.4, -0.2) is 19.7 Å². The molecule has 7 nitrogen and oxygen atoms in total. The summed E-state index contributed by atoms with van der Waals surface area (Å²) in [6, 6.07) is 3.20. The highest BCUT2D eigenvalue weighted by molar-refractivity contribution is 5.46. The van der Waals surface area contributed by atoms with E-state index in [4.69, 9.17) is 0 Å². The summed E-state index contributed by atoms with van der Waals surface area (Å²) in [4.78, 5) is 14.6. The van der Waals surface area contributed by atoms with Gasteiger partial charge in [-0.25, -0.2) is 4.98 Å². The summed E-state index contributed by atoms with van der Waals surface area (Å²) in [5.41, 5.74) is 1.52. The lowest BCUT2D eigenvalue weighted by Crippen LogP contribution is -2.11. The summed E-state index contributed by atoms with van der Waals surface area (Å²) >= 11 is 0. The predicted octanol–water partition coefficient (Wildman–Crippen LogP) is 3.08. The first-order valence-electron chi connectivity index (χ1n) is 6.96. The molecule has 2 heterocycles. The van der Waals surface area contributed by atoms with E-state index >= 15 is 0 Å². The van der Waals surface area contributed by atoms with Gasteiger partial charge in [-0.2, -0.15) is 5.10 Å². The third-order valence-electron chi connectivity index (χ3n) is 3.36. The zero-order valence-corrected chi connectivity index (χ0v) is 12.4. The number of pyridine rings is 1. The maximum absolute atomic E-state index is 10.8. The summed E-state index contributed by atoms with van der Waals surface area (Å²) in [5, 5.41) is 18.4. The lowest BCUT2D eigenvalue weighted by atomic mass is 10.1. The molecule has 7 heteroatoms. The number of hydrogen-bond donors (Lipinski definition) is 1. The van der Waals surface area contributed by atoms with Gasteiger partial charge >= 0.3 is 0 Å². The van der Waals surface area contributed by atoms with Crippen LogP contribution in [-0.2, 0) is 6.54 Å². The third-order valence-corrected chi connectivity index (χ3v) is 3.36. The van der Waals surface area contributed by atoms with E-state index in [2.05, 4.69) is 22.3 Å². The van der Waals surface area contributed by atoms with Crippen molar-refractivity contribution in [2.75, 3.05) is 5.32 Å². The number of nitrogens with one attached hydrogen (secondary N) is 1. The van der Waals surface area contributed by atoms with Gasteiger partial charge in [0.2, 0.25) is 0 Å². The van der Waals surface area contributed by atoms with E-state index in [1.165, 1.54) is 6.07 Å². The molecule has 0 saturated heterocycles. The quantitative estimate of drug-likeness (QED) is 0.652. The van der Waals surface area contributed by atoms with Crippen molar-refractivity contribution in [3.05, 3.63) is 45.9 Å². The second-order valence-electron chi connectivity index (χ2n) is 4.79. The van der Waals surface area contributed by atoms with Crippen molar-refractivity contribution in [3.8, 4) is 0 Å². The summed E-state index contributed by atoms with van der Waals surface area (Å²) in [6.07, 6.45) is 4.70. The number of rotatable bonds is 6. The average Bonchev–Trinajstić information content (AvgIpc) is 2.93. The molecule has 0 aromatic carbocycles. The first-order valence-corrected chi connectivity index (χ1v) is 6.96. The van der Waals surface area contributed by atoms with Crippen molar-refractivity contribution >= 4 is 11.5 Å². The first kappa shape index (κ1) is 15.0. The van der Waals surface area contributed by atoms with Gasteiger partial charge in [0, 0.05) is 24.4 Å². The van der Waals surface area contributed by atoms with Crippen LogP contribution in [0.4, 0.5) is 11.5 Å². The number of hydrogen-bond acceptors (Lipinski definition) is 5. The summed E-state index contributed by atoms with van der Waals surface area (Å²) in [7, 11) is 0. The van der Waals surface area contributed by atoms with Crippen LogP contribution in [0.3, 0.4) is 0 Å². The fraction of sp³-hybridized carbons (Fsp3) is 0.429. The minimum Gasteiger partial charge on any atom is -0.363 e. The molecule has 2 aromatic heterocycles. The van der Waals surface area contributed by atoms with Crippen LogP contribution in [0.2, 0.25) is 0 Å². The molecule has 0 aliphatic rings. The maximum atomic E-state index is 10.8. The molecule has 0 unspecified atom stereocenters. The van der Waals surface area contributed by atoms with Gasteiger partial charge in [-0.3, -0.25) is 14.8 Å². The van der Waals surface area contributed by atoms with Gasteiger partial charge in [0.1, 0.15) is 11.5 Å². The lowest BCUT2D eigenvalue weighted by Gasteiger charge is -2.16. The molecule has 0 radical (unpaired) electrons. The van der Waals surface area contributed by atoms with Crippen LogP contribution in [0.1, 0.15) is 37.6 Å². The molecule has 0 aliphatic heterocycles. The Labute approximate surface area is 123 Å². The Balaban J connectivity index is 2.18. The zero-order chi connectivity index (χ0) is 15.4. The smallest absolute Gasteiger partial charge is 0.290 e. The molecular weight excluding hydrogens is 270 g/mol. The largest absolute Gasteiger partial charge is 0.363 e. The highest BCUT2D eigenvalue weighted by atomic mass is 16.6. The molecule has 0 aliphatic carbocycles. The van der Waals surface area contributed by atoms with Crippen molar-refractivity contribution in [2.24, 2.45) is 0 Å². The van der Waals surface area contributed by atoms with Gasteiger partial charge in [0.05, 0.1) is 17.2 Å². The Morgan fingerprint density at radius 2 is 2.19 bits per heavy atom. The standard InChI is InChI=1S/C14H19N5O2/c1-4-12(11-8-15-18(5-2)9-11)17-14-7-6-13(19(20)21)10(3)16-14/h6-9,12H,4-5H2,1-3H3,(H,16,17)/t12-/m1/s1. The van der Waals surface area contributed by atoms with E-state index in [0.717, 1.165) is 18.5 Å². The van der Waals surface area contributed by atoms with Crippen LogP contribution in [0.25, 0.3) is 0 Å². The SMILES string of the molecule is CC[C@@H](Nc1ccc([N+](=O)[O-])c(C)n1)c1cnn(CC)c1. The fourth-order valence-corrected chi connectivity index (χ4v) is 2.16. The second-order valence-corrected chi connectivity index (χ2v) is 4.79. The third kappa shape index (κ3) is 3.36. The Morgan fingerprint density at radius 3 is 2.71 bits per heavy atom. The van der Waals surface area contributed by atoms with Crippen LogP contribution in [0.15, 0.2) is 24.5 Å². The molecule has 1 atom stereocenters. The zero-order valence-electron chi connectivity index (χ0n) is 12.4. The Kier molecular flexibility index (Phi) is 4.52. The molecule has 2 rings (SSSR count). The fourth-order valence-electron chi connectivity index (χ4n) is 2.16. The van der Waals surface area contributed by atoms with E-state index in [1.807, 2.05) is 24.0 Å². The normalized spacial score (nSPS) is 12.1. The van der Waals surface area contributed by atoms with Crippen LogP contribution in [0.5, 0.6) is 0 Å². The predicted molar refractivity (Wildman–Crippen MR) is 80.2 cm³/mol. The highest BCUT2D eigenvalue weighted by Crippen LogP contribution is 2.23. The molecule has 0 amide bonds. The van der Waals surface area contributed by atoms with Gasteiger partial charge in [-0.05, 0) is 26.3 Å². The average molecular weight is 289 g/mol. The van der Waals surface area contributed by atoms with E-state index in [0.29, 0.717) is 11.5 Å². The highest BCUT2D eigenvalue weighted by Gasteiger charge is 2.15. The molecular formula is C14H19N5O2. The molecule has 0 spiro atoms. The monoisotopic (exact) mass is 289 g/mol. The number of nitro groups is 1. The number of aromatic nitrogens is 3. The Bertz CT molecular complexity index is 638. The second kappa shape index (κ2) is 6.34. The van der Waals surface area contributed by atoms with Gasteiger partial charge in [-0.15, -0.1) is 0 Å². The van der Waals surface area contributed by atoms with E-state index in [-0.39, 0.29) is 11.7 Å². The van der Waals surface area contributed by atoms with Crippen LogP contribution >= 0.6 is 0 Å². The minimum absolute atomic E-state index is 0.0346. The maximum Gasteiger partial charge on any atom is 0.290 e. The lowest BCUT2D eigenvalue weighted by molar-refractivity contribution is -0.385. The van der Waals surface area contributed by atoms with Crippen LogP contribution < -0.4 is 5.32 Å². The topological polar surface area (TPSA) is 85.9 Å². The van der Waals surface area contributed by atoms with Crippen LogP contribution in [0, 0.1) is 17.0 Å². The van der Waals surface area contributed by atoms with Gasteiger partial charge < -0.3 is 5.32 Å². The summed E-state index contributed by atoms with van der Waals surface area (Å²) in [5.74, 6) is 0.634.